The second-order valence-electron chi connectivity index (χ2n) is 4.49. The van der Waals surface area contributed by atoms with Crippen molar-refractivity contribution in [2.24, 2.45) is 4.99 Å². The van der Waals surface area contributed by atoms with Crippen molar-refractivity contribution in [3.63, 3.8) is 0 Å². The van der Waals surface area contributed by atoms with Crippen molar-refractivity contribution in [3.05, 3.63) is 57.2 Å². The fourth-order valence-corrected chi connectivity index (χ4v) is 2.97. The molecule has 0 aliphatic rings. The molecule has 0 aliphatic heterocycles. The molecule has 1 aromatic carbocycles. The Labute approximate surface area is 134 Å². The van der Waals surface area contributed by atoms with Crippen molar-refractivity contribution in [2.75, 3.05) is 0 Å². The first kappa shape index (κ1) is 14.6. The van der Waals surface area contributed by atoms with Crippen LogP contribution < -0.4 is 0 Å². The number of nitrogens with zero attached hydrogens (tertiary/aromatic N) is 4. The lowest BCUT2D eigenvalue weighted by molar-refractivity contribution is -0.384. The van der Waals surface area contributed by atoms with E-state index in [4.69, 9.17) is 11.6 Å². The normalized spacial score (nSPS) is 11.8. The molecule has 0 spiro atoms. The number of thiophene rings is 1. The molecular weight excluding hydrogens is 324 g/mol. The molecule has 0 aliphatic carbocycles. The SMILES string of the molecule is Cc1ccc([N+](=O)[O-])cc1N=C(Cl)c1cc2nccnc2s1. The van der Waals surface area contributed by atoms with Gasteiger partial charge in [0.1, 0.15) is 15.5 Å². The molecule has 2 heterocycles. The number of aromatic nitrogens is 2. The van der Waals surface area contributed by atoms with Gasteiger partial charge in [0, 0.05) is 24.5 Å². The van der Waals surface area contributed by atoms with Crippen LogP contribution in [0, 0.1) is 17.0 Å². The molecule has 3 aromatic rings. The standard InChI is InChI=1S/C14H9ClN4O2S/c1-8-2-3-9(19(20)21)6-10(8)18-13(15)12-7-11-14(22-12)17-5-4-16-11/h2-7H,1H3. The molecule has 0 bridgehead atoms. The van der Waals surface area contributed by atoms with Crippen LogP contribution in [0.2, 0.25) is 0 Å². The van der Waals surface area contributed by atoms with Gasteiger partial charge in [0.05, 0.1) is 15.5 Å². The monoisotopic (exact) mass is 332 g/mol. The highest BCUT2D eigenvalue weighted by Crippen LogP contribution is 2.28. The molecule has 6 nitrogen and oxygen atoms in total. The average molecular weight is 333 g/mol. The van der Waals surface area contributed by atoms with E-state index in [0.29, 0.717) is 10.6 Å². The number of benzene rings is 1. The van der Waals surface area contributed by atoms with E-state index in [1.54, 1.807) is 24.5 Å². The van der Waals surface area contributed by atoms with Gasteiger partial charge in [0.2, 0.25) is 0 Å². The van der Waals surface area contributed by atoms with Crippen LogP contribution >= 0.6 is 22.9 Å². The van der Waals surface area contributed by atoms with Crippen LogP contribution in [0.25, 0.3) is 10.3 Å². The van der Waals surface area contributed by atoms with Gasteiger partial charge < -0.3 is 0 Å². The zero-order valence-electron chi connectivity index (χ0n) is 11.4. The summed E-state index contributed by atoms with van der Waals surface area (Å²) >= 11 is 7.62. The van der Waals surface area contributed by atoms with E-state index in [-0.39, 0.29) is 10.9 Å². The van der Waals surface area contributed by atoms with E-state index in [1.807, 2.05) is 6.92 Å². The lowest BCUT2D eigenvalue weighted by atomic mass is 10.2. The van der Waals surface area contributed by atoms with Crippen molar-refractivity contribution < 1.29 is 4.92 Å². The topological polar surface area (TPSA) is 81.3 Å². The molecule has 22 heavy (non-hydrogen) atoms. The number of rotatable bonds is 3. The molecule has 3 rings (SSSR count). The third kappa shape index (κ3) is 2.81. The summed E-state index contributed by atoms with van der Waals surface area (Å²) < 4.78 is 0. The largest absolute Gasteiger partial charge is 0.271 e. The number of nitro benzene ring substituents is 1. The van der Waals surface area contributed by atoms with Crippen molar-refractivity contribution in [3.8, 4) is 0 Å². The van der Waals surface area contributed by atoms with Crippen LogP contribution in [0.3, 0.4) is 0 Å². The first-order chi connectivity index (χ1) is 10.5. The number of aryl methyl sites for hydroxylation is 1. The van der Waals surface area contributed by atoms with E-state index in [2.05, 4.69) is 15.0 Å². The van der Waals surface area contributed by atoms with Crippen LogP contribution in [-0.4, -0.2) is 20.1 Å². The number of halogens is 1. The maximum atomic E-state index is 10.8. The number of hydrogen-bond acceptors (Lipinski definition) is 6. The minimum Gasteiger partial charge on any atom is -0.258 e. The van der Waals surface area contributed by atoms with E-state index >= 15 is 0 Å². The van der Waals surface area contributed by atoms with Crippen LogP contribution in [-0.2, 0) is 0 Å². The molecule has 0 saturated carbocycles. The van der Waals surface area contributed by atoms with Gasteiger partial charge in [-0.05, 0) is 18.6 Å². The van der Waals surface area contributed by atoms with Crippen LogP contribution in [0.4, 0.5) is 11.4 Å². The Morgan fingerprint density at radius 2 is 2.09 bits per heavy atom. The second-order valence-corrected chi connectivity index (χ2v) is 5.88. The highest BCUT2D eigenvalue weighted by atomic mass is 35.5. The van der Waals surface area contributed by atoms with Gasteiger partial charge in [-0.1, -0.05) is 17.7 Å². The Kier molecular flexibility index (Phi) is 3.82. The Morgan fingerprint density at radius 3 is 2.82 bits per heavy atom. The fourth-order valence-electron chi connectivity index (χ4n) is 1.87. The van der Waals surface area contributed by atoms with Crippen molar-refractivity contribution in [1.82, 2.24) is 9.97 Å². The van der Waals surface area contributed by atoms with Gasteiger partial charge in [0.25, 0.3) is 5.69 Å². The maximum absolute atomic E-state index is 10.8. The summed E-state index contributed by atoms with van der Waals surface area (Å²) in [5, 5.41) is 11.1. The van der Waals surface area contributed by atoms with Gasteiger partial charge >= 0.3 is 0 Å². The first-order valence-electron chi connectivity index (χ1n) is 6.25. The first-order valence-corrected chi connectivity index (χ1v) is 7.44. The third-order valence-corrected chi connectivity index (χ3v) is 4.43. The van der Waals surface area contributed by atoms with Gasteiger partial charge in [-0.25, -0.2) is 9.98 Å². The van der Waals surface area contributed by atoms with Gasteiger partial charge in [-0.15, -0.1) is 11.3 Å². The lowest BCUT2D eigenvalue weighted by Crippen LogP contribution is -1.90. The van der Waals surface area contributed by atoms with Crippen LogP contribution in [0.5, 0.6) is 0 Å². The van der Waals surface area contributed by atoms with Crippen LogP contribution in [0.1, 0.15) is 10.4 Å². The zero-order chi connectivity index (χ0) is 15.7. The highest BCUT2D eigenvalue weighted by Gasteiger charge is 2.11. The quantitative estimate of drug-likeness (QED) is 0.408. The lowest BCUT2D eigenvalue weighted by Gasteiger charge is -2.01. The Morgan fingerprint density at radius 1 is 1.32 bits per heavy atom. The van der Waals surface area contributed by atoms with E-state index in [0.717, 1.165) is 15.9 Å². The molecule has 110 valence electrons. The van der Waals surface area contributed by atoms with Crippen LogP contribution in [0.15, 0.2) is 41.7 Å². The van der Waals surface area contributed by atoms with E-state index < -0.39 is 4.92 Å². The predicted molar refractivity (Wildman–Crippen MR) is 87.3 cm³/mol. The highest BCUT2D eigenvalue weighted by molar-refractivity contribution is 7.21. The second kappa shape index (κ2) is 5.78. The summed E-state index contributed by atoms with van der Waals surface area (Å²) in [5.41, 5.74) is 2.00. The minimum absolute atomic E-state index is 0.0199. The summed E-state index contributed by atoms with van der Waals surface area (Å²) in [4.78, 5) is 24.6. The molecule has 0 atom stereocenters. The van der Waals surface area contributed by atoms with Gasteiger partial charge in [-0.3, -0.25) is 15.1 Å². The maximum Gasteiger partial charge on any atom is 0.271 e. The number of aliphatic imine (C=N–C) groups is 1. The number of nitro groups is 1. The predicted octanol–water partition coefficient (Wildman–Crippen LogP) is 4.23. The molecule has 0 amide bonds. The van der Waals surface area contributed by atoms with Gasteiger partial charge in [0.15, 0.2) is 0 Å². The Bertz CT molecular complexity index is 874. The smallest absolute Gasteiger partial charge is 0.258 e. The molecule has 0 saturated heterocycles. The fraction of sp³-hybridized carbons (Fsp3) is 0.0714. The Balaban J connectivity index is 2.03. The van der Waals surface area contributed by atoms with Gasteiger partial charge in [-0.2, -0.15) is 0 Å². The summed E-state index contributed by atoms with van der Waals surface area (Å²) in [6.07, 6.45) is 3.22. The van der Waals surface area contributed by atoms with Crippen molar-refractivity contribution in [2.45, 2.75) is 6.92 Å². The molecule has 2 aromatic heterocycles. The molecule has 0 N–H and O–H groups in total. The van der Waals surface area contributed by atoms with E-state index in [1.165, 1.54) is 23.5 Å². The number of fused-ring (bicyclic) bond motifs is 1. The molecule has 0 unspecified atom stereocenters. The number of non-ortho nitro benzene ring substituents is 1. The van der Waals surface area contributed by atoms with Crippen molar-refractivity contribution in [1.29, 1.82) is 0 Å². The summed E-state index contributed by atoms with van der Waals surface area (Å²) in [7, 11) is 0. The average Bonchev–Trinajstić information content (AvgIpc) is 2.93. The van der Waals surface area contributed by atoms with Crippen molar-refractivity contribution >= 4 is 49.8 Å². The van der Waals surface area contributed by atoms with E-state index in [9.17, 15) is 10.1 Å². The molecule has 8 heteroatoms. The number of hydrogen-bond donors (Lipinski definition) is 0. The zero-order valence-corrected chi connectivity index (χ0v) is 12.9. The third-order valence-electron chi connectivity index (χ3n) is 2.99. The summed E-state index contributed by atoms with van der Waals surface area (Å²) in [5.74, 6) is 0. The summed E-state index contributed by atoms with van der Waals surface area (Å²) in [6.45, 7) is 1.82. The Hall–Kier alpha value is -2.38. The molecular formula is C14H9ClN4O2S. The molecule has 0 radical (unpaired) electrons. The summed E-state index contributed by atoms with van der Waals surface area (Å²) in [6, 6.07) is 6.29. The minimum atomic E-state index is -0.459. The molecule has 0 fully saturated rings.